The number of carbonyl (C=O) groups is 2. The molecule has 1 fully saturated rings. The molecule has 0 bridgehead atoms. The van der Waals surface area contributed by atoms with Crippen molar-refractivity contribution in [1.82, 2.24) is 5.32 Å². The van der Waals surface area contributed by atoms with Crippen molar-refractivity contribution in [3.63, 3.8) is 0 Å². The molecule has 1 rings (SSSR count). The summed E-state index contributed by atoms with van der Waals surface area (Å²) in [6.45, 7) is 10.0. The summed E-state index contributed by atoms with van der Waals surface area (Å²) in [5.74, 6) is -0.534. The molecule has 21 heavy (non-hydrogen) atoms. The summed E-state index contributed by atoms with van der Waals surface area (Å²) >= 11 is 0. The molecule has 0 saturated heterocycles. The van der Waals surface area contributed by atoms with E-state index in [1.54, 1.807) is 6.92 Å². The Morgan fingerprint density at radius 1 is 1.14 bits per heavy atom. The van der Waals surface area contributed by atoms with Gasteiger partial charge in [0.25, 0.3) is 0 Å². The third-order valence-corrected chi connectivity index (χ3v) is 4.42. The summed E-state index contributed by atoms with van der Waals surface area (Å²) < 4.78 is 5.08. The fourth-order valence-corrected chi connectivity index (χ4v) is 3.08. The van der Waals surface area contributed by atoms with Crippen molar-refractivity contribution < 1.29 is 14.3 Å². The second kappa shape index (κ2) is 7.81. The van der Waals surface area contributed by atoms with Crippen molar-refractivity contribution in [2.45, 2.75) is 72.8 Å². The zero-order chi connectivity index (χ0) is 16.0. The average Bonchev–Trinajstić information content (AvgIpc) is 2.38. The smallest absolute Gasteiger partial charge is 0.319 e. The first kappa shape index (κ1) is 18.0. The van der Waals surface area contributed by atoms with E-state index < -0.39 is 17.3 Å². The number of hydrogen-bond donors (Lipinski definition) is 1. The van der Waals surface area contributed by atoms with E-state index in [1.165, 1.54) is 19.3 Å². The van der Waals surface area contributed by atoms with Crippen LogP contribution in [0.1, 0.15) is 66.7 Å². The lowest BCUT2D eigenvalue weighted by Crippen LogP contribution is -2.47. The maximum Gasteiger partial charge on any atom is 0.319 e. The second-order valence-corrected chi connectivity index (χ2v) is 7.19. The van der Waals surface area contributed by atoms with Gasteiger partial charge in [-0.15, -0.1) is 0 Å². The number of amides is 1. The van der Waals surface area contributed by atoms with Gasteiger partial charge in [-0.2, -0.15) is 0 Å². The van der Waals surface area contributed by atoms with Gasteiger partial charge < -0.3 is 10.1 Å². The van der Waals surface area contributed by atoms with Gasteiger partial charge in [0.1, 0.15) is 5.92 Å². The zero-order valence-corrected chi connectivity index (χ0v) is 14.2. The number of esters is 1. The molecule has 1 amide bonds. The molecule has 1 unspecified atom stereocenters. The van der Waals surface area contributed by atoms with Crippen molar-refractivity contribution in [3.05, 3.63) is 0 Å². The largest absolute Gasteiger partial charge is 0.465 e. The van der Waals surface area contributed by atoms with Crippen molar-refractivity contribution >= 4 is 11.9 Å². The van der Waals surface area contributed by atoms with Gasteiger partial charge in [0.2, 0.25) is 5.91 Å². The van der Waals surface area contributed by atoms with E-state index in [-0.39, 0.29) is 11.9 Å². The molecule has 0 aromatic carbocycles. The Hall–Kier alpha value is -1.06. The Bertz CT molecular complexity index is 352. The predicted octanol–water partition coefficient (Wildman–Crippen LogP) is 3.30. The number of ether oxygens (including phenoxy) is 1. The van der Waals surface area contributed by atoms with E-state index >= 15 is 0 Å². The third kappa shape index (κ3) is 5.33. The van der Waals surface area contributed by atoms with Crippen LogP contribution in [0.2, 0.25) is 0 Å². The molecule has 0 spiro atoms. The minimum Gasteiger partial charge on any atom is -0.465 e. The van der Waals surface area contributed by atoms with Crippen molar-refractivity contribution in [2.75, 3.05) is 6.61 Å². The molecular weight excluding hydrogens is 266 g/mol. The van der Waals surface area contributed by atoms with Crippen LogP contribution < -0.4 is 5.32 Å². The van der Waals surface area contributed by atoms with E-state index in [9.17, 15) is 9.59 Å². The summed E-state index contributed by atoms with van der Waals surface area (Å²) in [6.07, 6.45) is 5.59. The van der Waals surface area contributed by atoms with E-state index in [0.29, 0.717) is 6.61 Å². The van der Waals surface area contributed by atoms with Crippen LogP contribution in [-0.2, 0) is 14.3 Å². The predicted molar refractivity (Wildman–Crippen MR) is 83.8 cm³/mol. The first-order chi connectivity index (χ1) is 9.79. The Morgan fingerprint density at radius 2 is 1.71 bits per heavy atom. The van der Waals surface area contributed by atoms with Crippen LogP contribution in [0.15, 0.2) is 0 Å². The second-order valence-electron chi connectivity index (χ2n) is 7.19. The molecule has 1 N–H and O–H groups in total. The van der Waals surface area contributed by atoms with E-state index in [1.807, 2.05) is 20.8 Å². The summed E-state index contributed by atoms with van der Waals surface area (Å²) in [4.78, 5) is 24.6. The van der Waals surface area contributed by atoms with Crippen LogP contribution in [0.4, 0.5) is 0 Å². The molecule has 0 aromatic heterocycles. The van der Waals surface area contributed by atoms with Gasteiger partial charge in [-0.05, 0) is 43.9 Å². The molecule has 122 valence electrons. The van der Waals surface area contributed by atoms with Gasteiger partial charge in [0.15, 0.2) is 0 Å². The Morgan fingerprint density at radius 3 is 2.14 bits per heavy atom. The fraction of sp³-hybridized carbons (Fsp3) is 0.882. The van der Waals surface area contributed by atoms with Crippen LogP contribution in [0, 0.1) is 17.3 Å². The van der Waals surface area contributed by atoms with Crippen molar-refractivity contribution in [2.24, 2.45) is 17.3 Å². The molecular formula is C17H31NO3. The third-order valence-electron chi connectivity index (χ3n) is 4.42. The van der Waals surface area contributed by atoms with Gasteiger partial charge in [-0.3, -0.25) is 9.59 Å². The van der Waals surface area contributed by atoms with Crippen LogP contribution >= 0.6 is 0 Å². The first-order valence-electron chi connectivity index (χ1n) is 8.26. The van der Waals surface area contributed by atoms with Crippen molar-refractivity contribution in [1.29, 1.82) is 0 Å². The molecule has 0 aliphatic heterocycles. The molecule has 0 aromatic rings. The Kier molecular flexibility index (Phi) is 6.69. The summed E-state index contributed by atoms with van der Waals surface area (Å²) in [7, 11) is 0. The quantitative estimate of drug-likeness (QED) is 0.626. The highest BCUT2D eigenvalue weighted by Crippen LogP contribution is 2.30. The molecule has 4 heteroatoms. The topological polar surface area (TPSA) is 55.4 Å². The molecule has 1 atom stereocenters. The van der Waals surface area contributed by atoms with E-state index in [0.717, 1.165) is 18.8 Å². The number of nitrogens with one attached hydrogen (secondary N) is 1. The molecule has 1 aliphatic carbocycles. The van der Waals surface area contributed by atoms with Crippen LogP contribution in [0.3, 0.4) is 0 Å². The molecule has 0 heterocycles. The van der Waals surface area contributed by atoms with Crippen LogP contribution in [0.5, 0.6) is 0 Å². The normalized spacial score (nSPS) is 24.2. The summed E-state index contributed by atoms with van der Waals surface area (Å²) in [6, 6.07) is 0.208. The molecule has 1 aliphatic rings. The Labute approximate surface area is 129 Å². The lowest BCUT2D eigenvalue weighted by atomic mass is 9.79. The summed E-state index contributed by atoms with van der Waals surface area (Å²) in [5.41, 5.74) is -0.434. The van der Waals surface area contributed by atoms with Crippen molar-refractivity contribution in [3.8, 4) is 0 Å². The maximum absolute atomic E-state index is 12.5. The SMILES string of the molecule is CCOC(=O)C(C(=O)NC1CCC(CC)CC1)C(C)(C)C. The minimum absolute atomic E-state index is 0.180. The number of hydrogen-bond acceptors (Lipinski definition) is 3. The van der Waals surface area contributed by atoms with Crippen LogP contribution in [0.25, 0.3) is 0 Å². The maximum atomic E-state index is 12.5. The van der Waals surface area contributed by atoms with Gasteiger partial charge in [0.05, 0.1) is 6.61 Å². The highest BCUT2D eigenvalue weighted by molar-refractivity contribution is 5.98. The highest BCUT2D eigenvalue weighted by Gasteiger charge is 2.39. The molecule has 1 saturated carbocycles. The lowest BCUT2D eigenvalue weighted by molar-refractivity contribution is -0.157. The van der Waals surface area contributed by atoms with Gasteiger partial charge in [0, 0.05) is 6.04 Å². The molecule has 4 nitrogen and oxygen atoms in total. The number of carbonyl (C=O) groups excluding carboxylic acids is 2. The molecule has 0 radical (unpaired) electrons. The Balaban J connectivity index is 2.63. The van der Waals surface area contributed by atoms with Gasteiger partial charge >= 0.3 is 5.97 Å². The zero-order valence-electron chi connectivity index (χ0n) is 14.2. The first-order valence-corrected chi connectivity index (χ1v) is 8.26. The average molecular weight is 297 g/mol. The standard InChI is InChI=1S/C17H31NO3/c1-6-12-8-10-13(11-9-12)18-15(19)14(17(3,4)5)16(20)21-7-2/h12-14H,6-11H2,1-5H3,(H,18,19). The summed E-state index contributed by atoms with van der Waals surface area (Å²) in [5, 5.41) is 3.07. The van der Waals surface area contributed by atoms with Crippen LogP contribution in [-0.4, -0.2) is 24.5 Å². The number of rotatable bonds is 5. The minimum atomic E-state index is -0.735. The van der Waals surface area contributed by atoms with E-state index in [2.05, 4.69) is 12.2 Å². The van der Waals surface area contributed by atoms with Gasteiger partial charge in [-0.1, -0.05) is 34.1 Å². The van der Waals surface area contributed by atoms with E-state index in [4.69, 9.17) is 4.74 Å². The fourth-order valence-electron chi connectivity index (χ4n) is 3.08. The van der Waals surface area contributed by atoms with Gasteiger partial charge in [-0.25, -0.2) is 0 Å². The lowest BCUT2D eigenvalue weighted by Gasteiger charge is -2.32. The highest BCUT2D eigenvalue weighted by atomic mass is 16.5. The monoisotopic (exact) mass is 297 g/mol.